The maximum absolute atomic E-state index is 12.5. The van der Waals surface area contributed by atoms with Crippen molar-refractivity contribution in [2.75, 3.05) is 16.0 Å². The number of amides is 1. The Bertz CT molecular complexity index is 1240. The molecule has 4 rings (SSSR count). The monoisotopic (exact) mass is 427 g/mol. The molecule has 2 heterocycles. The Morgan fingerprint density at radius 1 is 0.781 bits per heavy atom. The Morgan fingerprint density at radius 2 is 1.41 bits per heavy atom. The van der Waals surface area contributed by atoms with E-state index in [9.17, 15) is 4.79 Å². The minimum Gasteiger partial charge on any atom is -0.466 e. The molecule has 0 bridgehead atoms. The van der Waals surface area contributed by atoms with Gasteiger partial charge in [-0.1, -0.05) is 17.7 Å². The first-order valence-electron chi connectivity index (χ1n) is 10.3. The SMILES string of the molecule is Cc1ccc(Nc2cc(C)nc(Nc3ccc(NC(=O)c4cc(C)oc4C)cc3)n2)cc1. The van der Waals surface area contributed by atoms with Crippen LogP contribution in [-0.2, 0) is 0 Å². The average molecular weight is 428 g/mol. The number of benzene rings is 2. The fourth-order valence-electron chi connectivity index (χ4n) is 3.29. The molecular formula is C25H25N5O2. The summed E-state index contributed by atoms with van der Waals surface area (Å²) < 4.78 is 5.43. The molecule has 1 amide bonds. The molecule has 7 heteroatoms. The summed E-state index contributed by atoms with van der Waals surface area (Å²) in [5.41, 5.74) is 5.03. The maximum Gasteiger partial charge on any atom is 0.259 e. The average Bonchev–Trinajstić information content (AvgIpc) is 3.09. The van der Waals surface area contributed by atoms with Crippen LogP contribution < -0.4 is 16.0 Å². The predicted molar refractivity (Wildman–Crippen MR) is 127 cm³/mol. The molecule has 0 saturated heterocycles. The van der Waals surface area contributed by atoms with Crippen molar-refractivity contribution >= 4 is 34.7 Å². The third-order valence-corrected chi connectivity index (χ3v) is 4.86. The maximum atomic E-state index is 12.5. The molecule has 0 unspecified atom stereocenters. The smallest absolute Gasteiger partial charge is 0.259 e. The Morgan fingerprint density at radius 3 is 2.06 bits per heavy atom. The van der Waals surface area contributed by atoms with Crippen molar-refractivity contribution < 1.29 is 9.21 Å². The largest absolute Gasteiger partial charge is 0.466 e. The molecular weight excluding hydrogens is 402 g/mol. The van der Waals surface area contributed by atoms with E-state index in [2.05, 4.69) is 32.8 Å². The molecule has 0 radical (unpaired) electrons. The zero-order valence-corrected chi connectivity index (χ0v) is 18.5. The molecule has 0 saturated carbocycles. The van der Waals surface area contributed by atoms with Crippen molar-refractivity contribution in [2.24, 2.45) is 0 Å². The lowest BCUT2D eigenvalue weighted by Gasteiger charge is -2.11. The van der Waals surface area contributed by atoms with Crippen LogP contribution in [0.1, 0.15) is 33.1 Å². The first-order valence-corrected chi connectivity index (χ1v) is 10.3. The summed E-state index contributed by atoms with van der Waals surface area (Å²) in [7, 11) is 0. The molecule has 0 aliphatic carbocycles. The number of nitrogens with one attached hydrogen (secondary N) is 3. The van der Waals surface area contributed by atoms with Crippen LogP contribution in [0.4, 0.5) is 28.8 Å². The van der Waals surface area contributed by atoms with Crippen molar-refractivity contribution in [2.45, 2.75) is 27.7 Å². The van der Waals surface area contributed by atoms with Crippen LogP contribution in [0.15, 0.2) is 65.1 Å². The van der Waals surface area contributed by atoms with Crippen LogP contribution in [0.3, 0.4) is 0 Å². The highest BCUT2D eigenvalue weighted by Crippen LogP contribution is 2.22. The van der Waals surface area contributed by atoms with Gasteiger partial charge in [0.2, 0.25) is 5.95 Å². The zero-order chi connectivity index (χ0) is 22.7. The van der Waals surface area contributed by atoms with Crippen LogP contribution in [0.5, 0.6) is 0 Å². The van der Waals surface area contributed by atoms with Gasteiger partial charge in [-0.25, -0.2) is 4.98 Å². The van der Waals surface area contributed by atoms with Crippen LogP contribution in [-0.4, -0.2) is 15.9 Å². The lowest BCUT2D eigenvalue weighted by atomic mass is 10.2. The second-order valence-corrected chi connectivity index (χ2v) is 7.69. The zero-order valence-electron chi connectivity index (χ0n) is 18.5. The number of hydrogen-bond acceptors (Lipinski definition) is 6. The number of rotatable bonds is 6. The van der Waals surface area contributed by atoms with E-state index >= 15 is 0 Å². The van der Waals surface area contributed by atoms with Gasteiger partial charge in [-0.2, -0.15) is 4.98 Å². The summed E-state index contributed by atoms with van der Waals surface area (Å²) in [5.74, 6) is 2.31. The van der Waals surface area contributed by atoms with E-state index in [-0.39, 0.29) is 5.91 Å². The highest BCUT2D eigenvalue weighted by molar-refractivity contribution is 6.05. The van der Waals surface area contributed by atoms with Gasteiger partial charge in [0.25, 0.3) is 5.91 Å². The number of anilines is 5. The van der Waals surface area contributed by atoms with E-state index in [0.717, 1.165) is 17.1 Å². The van der Waals surface area contributed by atoms with E-state index in [4.69, 9.17) is 4.42 Å². The number of aryl methyl sites for hydroxylation is 4. The van der Waals surface area contributed by atoms with E-state index in [1.165, 1.54) is 5.56 Å². The number of carbonyl (C=O) groups is 1. The fraction of sp³-hybridized carbons (Fsp3) is 0.160. The number of aromatic nitrogens is 2. The quantitative estimate of drug-likeness (QED) is 0.347. The molecule has 162 valence electrons. The van der Waals surface area contributed by atoms with Gasteiger partial charge in [0.05, 0.1) is 5.56 Å². The van der Waals surface area contributed by atoms with Crippen molar-refractivity contribution in [3.8, 4) is 0 Å². The summed E-state index contributed by atoms with van der Waals surface area (Å²) in [5, 5.41) is 9.40. The van der Waals surface area contributed by atoms with Crippen molar-refractivity contribution in [3.05, 3.63) is 89.0 Å². The number of furan rings is 1. The third kappa shape index (κ3) is 5.13. The van der Waals surface area contributed by atoms with E-state index in [1.807, 2.05) is 68.4 Å². The summed E-state index contributed by atoms with van der Waals surface area (Å²) in [6.07, 6.45) is 0. The van der Waals surface area contributed by atoms with Crippen LogP contribution in [0.25, 0.3) is 0 Å². The molecule has 0 aliphatic heterocycles. The molecule has 7 nitrogen and oxygen atoms in total. The molecule has 32 heavy (non-hydrogen) atoms. The summed E-state index contributed by atoms with van der Waals surface area (Å²) >= 11 is 0. The molecule has 2 aromatic heterocycles. The molecule has 4 aromatic rings. The van der Waals surface area contributed by atoms with Gasteiger partial charge >= 0.3 is 0 Å². The predicted octanol–water partition coefficient (Wildman–Crippen LogP) is 6.04. The second-order valence-electron chi connectivity index (χ2n) is 7.69. The Kier molecular flexibility index (Phi) is 5.89. The topological polar surface area (TPSA) is 92.1 Å². The van der Waals surface area contributed by atoms with Gasteiger partial charge in [0.1, 0.15) is 17.3 Å². The summed E-state index contributed by atoms with van der Waals surface area (Å²) in [6, 6.07) is 19.1. The number of hydrogen-bond donors (Lipinski definition) is 3. The summed E-state index contributed by atoms with van der Waals surface area (Å²) in [4.78, 5) is 21.5. The van der Waals surface area contributed by atoms with Crippen LogP contribution in [0.2, 0.25) is 0 Å². The van der Waals surface area contributed by atoms with Gasteiger partial charge < -0.3 is 20.4 Å². The lowest BCUT2D eigenvalue weighted by molar-refractivity contribution is 0.102. The van der Waals surface area contributed by atoms with Gasteiger partial charge in [0, 0.05) is 28.8 Å². The molecule has 0 fully saturated rings. The molecule has 0 atom stereocenters. The molecule has 0 aliphatic rings. The molecule has 0 spiro atoms. The van der Waals surface area contributed by atoms with Crippen molar-refractivity contribution in [1.82, 2.24) is 9.97 Å². The highest BCUT2D eigenvalue weighted by Gasteiger charge is 2.13. The van der Waals surface area contributed by atoms with Crippen LogP contribution >= 0.6 is 0 Å². The molecule has 2 aromatic carbocycles. The first-order chi connectivity index (χ1) is 15.4. The Labute approximate surface area is 186 Å². The minimum absolute atomic E-state index is 0.200. The van der Waals surface area contributed by atoms with Crippen LogP contribution in [0, 0.1) is 27.7 Å². The van der Waals surface area contributed by atoms with Gasteiger partial charge in [0.15, 0.2) is 0 Å². The van der Waals surface area contributed by atoms with Gasteiger partial charge in [-0.15, -0.1) is 0 Å². The standard InChI is InChI=1S/C25H25N5O2/c1-15-5-7-19(8-6-15)27-23-13-16(2)26-25(30-23)29-21-11-9-20(10-12-21)28-24(31)22-14-17(3)32-18(22)4/h5-14H,1-4H3,(H,28,31)(H2,26,27,29,30). The number of carbonyl (C=O) groups excluding carboxylic acids is 1. The Hall–Kier alpha value is -4.13. The third-order valence-electron chi connectivity index (χ3n) is 4.86. The van der Waals surface area contributed by atoms with E-state index in [0.29, 0.717) is 34.5 Å². The highest BCUT2D eigenvalue weighted by atomic mass is 16.3. The number of nitrogens with zero attached hydrogens (tertiary/aromatic N) is 2. The lowest BCUT2D eigenvalue weighted by Crippen LogP contribution is -2.12. The minimum atomic E-state index is -0.200. The molecule has 3 N–H and O–H groups in total. The van der Waals surface area contributed by atoms with Crippen molar-refractivity contribution in [1.29, 1.82) is 0 Å². The van der Waals surface area contributed by atoms with Crippen molar-refractivity contribution in [3.63, 3.8) is 0 Å². The fourth-order valence-corrected chi connectivity index (χ4v) is 3.29. The van der Waals surface area contributed by atoms with E-state index in [1.54, 1.807) is 13.0 Å². The summed E-state index contributed by atoms with van der Waals surface area (Å²) in [6.45, 7) is 7.57. The first kappa shape index (κ1) is 21.1. The second kappa shape index (κ2) is 8.93. The van der Waals surface area contributed by atoms with Gasteiger partial charge in [-0.05, 0) is 70.2 Å². The Balaban J connectivity index is 1.44. The normalized spacial score (nSPS) is 10.6. The van der Waals surface area contributed by atoms with Gasteiger partial charge in [-0.3, -0.25) is 4.79 Å². The van der Waals surface area contributed by atoms with E-state index < -0.39 is 0 Å².